The smallest absolute Gasteiger partial charge is 0.231 e. The van der Waals surface area contributed by atoms with Gasteiger partial charge in [0.2, 0.25) is 31.4 Å². The predicted molar refractivity (Wildman–Crippen MR) is 192 cm³/mol. The van der Waals surface area contributed by atoms with Gasteiger partial charge in [-0.1, -0.05) is 12.1 Å². The Hall–Kier alpha value is -6.42. The Kier molecular flexibility index (Phi) is 6.39. The van der Waals surface area contributed by atoms with E-state index in [-0.39, 0.29) is 20.4 Å². The maximum atomic E-state index is 5.69. The Morgan fingerprint density at radius 2 is 0.941 bits per heavy atom. The van der Waals surface area contributed by atoms with E-state index in [0.29, 0.717) is 0 Å². The third kappa shape index (κ3) is 4.35. The van der Waals surface area contributed by atoms with Gasteiger partial charge in [-0.3, -0.25) is 0 Å². The molecule has 10 heteroatoms. The van der Waals surface area contributed by atoms with Gasteiger partial charge in [-0.2, -0.15) is 9.13 Å². The number of nitrogens with zero attached hydrogens (tertiary/aromatic N) is 2. The molecule has 0 fully saturated rings. The molecule has 51 heavy (non-hydrogen) atoms. The van der Waals surface area contributed by atoms with Gasteiger partial charge < -0.3 is 37.9 Å². The Bertz CT molecular complexity index is 2800. The number of pyridine rings is 2. The van der Waals surface area contributed by atoms with E-state index in [1.165, 1.54) is 5.39 Å². The summed E-state index contributed by atoms with van der Waals surface area (Å²) in [4.78, 5) is 0. The van der Waals surface area contributed by atoms with E-state index in [1.807, 2.05) is 31.3 Å². The van der Waals surface area contributed by atoms with E-state index in [0.717, 1.165) is 106 Å². The van der Waals surface area contributed by atoms with Crippen LogP contribution >= 0.6 is 0 Å². The molecule has 0 saturated carbocycles. The lowest BCUT2D eigenvalue weighted by molar-refractivity contribution is -0.642. The first-order chi connectivity index (χ1) is 25.0. The van der Waals surface area contributed by atoms with Crippen molar-refractivity contribution in [3.63, 3.8) is 0 Å². The number of hydrogen-bond acceptors (Lipinski definition) is 8. The predicted octanol–water partition coefficient (Wildman–Crippen LogP) is 7.14. The van der Waals surface area contributed by atoms with Crippen LogP contribution in [0.4, 0.5) is 0 Å². The van der Waals surface area contributed by atoms with Gasteiger partial charge in [0.1, 0.15) is 14.1 Å². The average Bonchev–Trinajstić information content (AvgIpc) is 3.93. The molecule has 6 aromatic carbocycles. The number of rotatable bonds is 2. The topological polar surface area (TPSA) is 81.6 Å². The number of benzene rings is 6. The first-order valence-corrected chi connectivity index (χ1v) is 16.6. The van der Waals surface area contributed by atoms with Crippen LogP contribution in [-0.4, -0.2) is 34.6 Å². The fourth-order valence-electron chi connectivity index (χ4n) is 7.78. The van der Waals surface area contributed by atoms with Crippen LogP contribution in [0, 0.1) is 0 Å². The van der Waals surface area contributed by atoms with Crippen molar-refractivity contribution >= 4 is 64.9 Å². The molecular weight excluding hydrogens is 648 g/mol. The van der Waals surface area contributed by atoms with Crippen molar-refractivity contribution in [2.45, 2.75) is 0 Å². The average molecular weight is 681 g/mol. The van der Waals surface area contributed by atoms with Crippen molar-refractivity contribution in [3.8, 4) is 46.0 Å². The molecule has 0 radical (unpaired) electrons. The van der Waals surface area contributed by atoms with Crippen LogP contribution < -0.4 is 47.0 Å². The molecule has 0 bridgehead atoms. The van der Waals surface area contributed by atoms with Crippen LogP contribution in [0.5, 0.6) is 46.0 Å². The van der Waals surface area contributed by atoms with Crippen molar-refractivity contribution in [1.82, 2.24) is 0 Å². The van der Waals surface area contributed by atoms with Crippen LogP contribution in [0.1, 0.15) is 0 Å². The summed E-state index contributed by atoms with van der Waals surface area (Å²) in [6.45, 7) is 0.829. The maximum absolute atomic E-state index is 5.69. The zero-order valence-electron chi connectivity index (χ0n) is 28.4. The largest absolute Gasteiger partial charge is 0.493 e. The SMILES string of the molecule is COc1ccc2c(c[n+](C)c3c4cc5c(cc4ccc23)OCO5)c1OC.C[n+]1cc2c3c(ccc2c2ccc4cc5c(cc4c21)OCO5)OCO3. The second-order valence-corrected chi connectivity index (χ2v) is 12.8. The quantitative estimate of drug-likeness (QED) is 0.141. The molecule has 3 aliphatic rings. The molecule has 0 atom stereocenters. The molecule has 10 nitrogen and oxygen atoms in total. The minimum Gasteiger partial charge on any atom is -0.493 e. The summed E-state index contributed by atoms with van der Waals surface area (Å²) in [5.74, 6) is 6.28. The summed E-state index contributed by atoms with van der Waals surface area (Å²) in [6.07, 6.45) is 4.19. The summed E-state index contributed by atoms with van der Waals surface area (Å²) in [5, 5.41) is 11.2. The second-order valence-electron chi connectivity index (χ2n) is 12.8. The van der Waals surface area contributed by atoms with Crippen molar-refractivity contribution in [2.24, 2.45) is 14.1 Å². The summed E-state index contributed by atoms with van der Waals surface area (Å²) < 4.78 is 48.7. The second kappa shape index (κ2) is 11.0. The zero-order valence-corrected chi connectivity index (χ0v) is 28.4. The van der Waals surface area contributed by atoms with E-state index in [9.17, 15) is 0 Å². The molecule has 5 heterocycles. The lowest BCUT2D eigenvalue weighted by Gasteiger charge is -2.12. The summed E-state index contributed by atoms with van der Waals surface area (Å²) >= 11 is 0. The number of aromatic nitrogens is 2. The molecule has 0 unspecified atom stereocenters. The highest BCUT2D eigenvalue weighted by Gasteiger charge is 2.25. The summed E-state index contributed by atoms with van der Waals surface area (Å²) in [5.41, 5.74) is 2.29. The molecule has 0 N–H and O–H groups in total. The van der Waals surface area contributed by atoms with Crippen molar-refractivity contribution in [3.05, 3.63) is 85.2 Å². The molecule has 3 aliphatic heterocycles. The molecule has 2 aromatic heterocycles. The highest BCUT2D eigenvalue weighted by Crippen LogP contribution is 2.44. The first kappa shape index (κ1) is 29.5. The Morgan fingerprint density at radius 1 is 0.451 bits per heavy atom. The minimum absolute atomic E-state index is 0.273. The minimum atomic E-state index is 0.273. The Labute approximate surface area is 291 Å². The Balaban J connectivity index is 0.000000128. The van der Waals surface area contributed by atoms with Crippen LogP contribution in [0.25, 0.3) is 64.9 Å². The highest BCUT2D eigenvalue weighted by molar-refractivity contribution is 6.16. The van der Waals surface area contributed by atoms with Crippen molar-refractivity contribution < 1.29 is 47.0 Å². The van der Waals surface area contributed by atoms with E-state index < -0.39 is 0 Å². The third-order valence-corrected chi connectivity index (χ3v) is 10.1. The molecule has 0 amide bonds. The fourth-order valence-corrected chi connectivity index (χ4v) is 7.78. The van der Waals surface area contributed by atoms with Gasteiger partial charge in [-0.15, -0.1) is 0 Å². The number of ether oxygens (including phenoxy) is 8. The van der Waals surface area contributed by atoms with Gasteiger partial charge in [-0.05, 0) is 71.4 Å². The fraction of sp³-hybridized carbons (Fsp3) is 0.171. The molecular formula is C41H32N2O8+2. The number of methoxy groups -OCH3 is 2. The molecule has 0 aliphatic carbocycles. The van der Waals surface area contributed by atoms with Gasteiger partial charge in [0.15, 0.2) is 58.4 Å². The molecule has 11 rings (SSSR count). The van der Waals surface area contributed by atoms with Gasteiger partial charge >= 0.3 is 0 Å². The van der Waals surface area contributed by atoms with Crippen LogP contribution in [-0.2, 0) is 14.1 Å². The standard InChI is InChI=1S/C21H18NO4.C20H14NO4/c1-22-10-16-13(6-7-17(23-2)21(16)24-3)14-5-4-12-8-18-19(26-11-25-18)9-15(12)20(14)22;1-21-8-15-12(4-5-16-20(15)25-10-22-16)13-3-2-11-6-17-18(24-9-23-17)7-14(11)19(13)21/h4-10H,11H2,1-3H3;2-8H,9-10H2,1H3/q2*+1. The molecule has 252 valence electrons. The highest BCUT2D eigenvalue weighted by atomic mass is 16.7. The van der Waals surface area contributed by atoms with Crippen LogP contribution in [0.15, 0.2) is 85.2 Å². The number of aryl methyl sites for hydroxylation is 2. The van der Waals surface area contributed by atoms with E-state index in [2.05, 4.69) is 77.1 Å². The maximum Gasteiger partial charge on any atom is 0.231 e. The number of fused-ring (bicyclic) bond motifs is 14. The third-order valence-electron chi connectivity index (χ3n) is 10.1. The van der Waals surface area contributed by atoms with E-state index >= 15 is 0 Å². The van der Waals surface area contributed by atoms with Crippen molar-refractivity contribution in [1.29, 1.82) is 0 Å². The Morgan fingerprint density at radius 3 is 1.53 bits per heavy atom. The van der Waals surface area contributed by atoms with E-state index in [4.69, 9.17) is 37.9 Å². The van der Waals surface area contributed by atoms with Crippen LogP contribution in [0.3, 0.4) is 0 Å². The zero-order chi connectivity index (χ0) is 34.4. The van der Waals surface area contributed by atoms with Gasteiger partial charge in [0.25, 0.3) is 0 Å². The van der Waals surface area contributed by atoms with Crippen LogP contribution in [0.2, 0.25) is 0 Å². The van der Waals surface area contributed by atoms with Gasteiger partial charge in [0.05, 0.1) is 46.5 Å². The van der Waals surface area contributed by atoms with Gasteiger partial charge in [-0.25, -0.2) is 0 Å². The normalized spacial score (nSPS) is 13.8. The number of hydrogen-bond donors (Lipinski definition) is 0. The molecule has 0 saturated heterocycles. The first-order valence-electron chi connectivity index (χ1n) is 16.6. The van der Waals surface area contributed by atoms with Crippen molar-refractivity contribution in [2.75, 3.05) is 34.6 Å². The molecule has 0 spiro atoms. The molecule has 8 aromatic rings. The summed E-state index contributed by atoms with van der Waals surface area (Å²) in [6, 6.07) is 24.9. The lowest BCUT2D eigenvalue weighted by atomic mass is 10.00. The van der Waals surface area contributed by atoms with Gasteiger partial charge in [0, 0.05) is 10.8 Å². The van der Waals surface area contributed by atoms with E-state index in [1.54, 1.807) is 14.2 Å². The summed E-state index contributed by atoms with van der Waals surface area (Å²) in [7, 11) is 7.43. The lowest BCUT2D eigenvalue weighted by Crippen LogP contribution is -2.28. The monoisotopic (exact) mass is 680 g/mol.